The number of thioether (sulfide) groups is 2. The molecule has 98 valence electrons. The summed E-state index contributed by atoms with van der Waals surface area (Å²) < 4.78 is 0. The Morgan fingerprint density at radius 3 is 2.63 bits per heavy atom. The lowest BCUT2D eigenvalue weighted by Crippen LogP contribution is -1.91. The molecule has 0 amide bonds. The van der Waals surface area contributed by atoms with Crippen LogP contribution >= 0.6 is 23.5 Å². The smallest absolute Gasteiger partial charge is 0.158 e. The molecule has 1 aliphatic rings. The summed E-state index contributed by atoms with van der Waals surface area (Å²) >= 11 is 3.57. The summed E-state index contributed by atoms with van der Waals surface area (Å²) in [6, 6.07) is 9.19. The van der Waals surface area contributed by atoms with Gasteiger partial charge in [-0.3, -0.25) is 4.99 Å². The molecule has 0 fully saturated rings. The third-order valence-corrected chi connectivity index (χ3v) is 5.10. The van der Waals surface area contributed by atoms with Gasteiger partial charge < -0.3 is 10.2 Å². The fourth-order valence-electron chi connectivity index (χ4n) is 1.95. The molecule has 3 nitrogen and oxygen atoms in total. The average molecular weight is 291 g/mol. The topological polar surface area (TPSA) is 52.8 Å². The van der Waals surface area contributed by atoms with Crippen LogP contribution < -0.4 is 0 Å². The van der Waals surface area contributed by atoms with E-state index in [-0.39, 0.29) is 11.5 Å². The lowest BCUT2D eigenvalue weighted by molar-refractivity contribution is 0.405. The van der Waals surface area contributed by atoms with Crippen molar-refractivity contribution in [3.05, 3.63) is 30.3 Å². The van der Waals surface area contributed by atoms with Crippen molar-refractivity contribution in [3.8, 4) is 11.5 Å². The fourth-order valence-corrected chi connectivity index (χ4v) is 3.82. The molecule has 2 aromatic carbocycles. The number of nitrogens with zero attached hydrogens (tertiary/aromatic N) is 1. The lowest BCUT2D eigenvalue weighted by Gasteiger charge is -2.05. The highest BCUT2D eigenvalue weighted by atomic mass is 32.2. The number of aliphatic imine (C=N–C) groups is 1. The Morgan fingerprint density at radius 2 is 1.89 bits per heavy atom. The minimum Gasteiger partial charge on any atom is -0.504 e. The Hall–Kier alpha value is -1.33. The van der Waals surface area contributed by atoms with E-state index < -0.39 is 0 Å². The molecular weight excluding hydrogens is 278 g/mol. The molecule has 2 aromatic rings. The predicted octanol–water partition coefficient (Wildman–Crippen LogP) is 3.49. The van der Waals surface area contributed by atoms with Gasteiger partial charge in [-0.05, 0) is 35.0 Å². The first kappa shape index (κ1) is 12.7. The van der Waals surface area contributed by atoms with E-state index >= 15 is 0 Å². The number of hydrogen-bond acceptors (Lipinski definition) is 5. The minimum absolute atomic E-state index is 0.0784. The zero-order valence-electron chi connectivity index (χ0n) is 10.2. The molecule has 0 unspecified atom stereocenters. The Balaban J connectivity index is 1.82. The summed E-state index contributed by atoms with van der Waals surface area (Å²) in [5.41, 5.74) is 0. The summed E-state index contributed by atoms with van der Waals surface area (Å²) in [7, 11) is 0. The van der Waals surface area contributed by atoms with Crippen LogP contribution in [0.3, 0.4) is 0 Å². The first-order valence-electron chi connectivity index (χ1n) is 5.97. The zero-order valence-corrected chi connectivity index (χ0v) is 11.8. The van der Waals surface area contributed by atoms with Crippen LogP contribution in [0.2, 0.25) is 0 Å². The molecule has 0 aromatic heterocycles. The van der Waals surface area contributed by atoms with E-state index in [0.717, 1.165) is 33.7 Å². The van der Waals surface area contributed by atoms with Gasteiger partial charge in [-0.1, -0.05) is 6.07 Å². The predicted molar refractivity (Wildman–Crippen MR) is 82.8 cm³/mol. The molecule has 3 rings (SSSR count). The molecule has 2 N–H and O–H groups in total. The minimum atomic E-state index is -0.0791. The number of hydrogen-bond donors (Lipinski definition) is 2. The van der Waals surface area contributed by atoms with E-state index in [4.69, 9.17) is 0 Å². The maximum absolute atomic E-state index is 9.53. The highest BCUT2D eigenvalue weighted by Crippen LogP contribution is 2.32. The van der Waals surface area contributed by atoms with Gasteiger partial charge in [-0.15, -0.1) is 23.5 Å². The van der Waals surface area contributed by atoms with E-state index in [2.05, 4.69) is 4.99 Å². The van der Waals surface area contributed by atoms with E-state index in [9.17, 15) is 10.2 Å². The first-order valence-corrected chi connectivity index (χ1v) is 7.94. The quantitative estimate of drug-likeness (QED) is 0.671. The molecule has 0 radical (unpaired) electrons. The summed E-state index contributed by atoms with van der Waals surface area (Å²) in [5.74, 6) is 1.84. The molecule has 0 spiro atoms. The molecule has 0 saturated carbocycles. The lowest BCUT2D eigenvalue weighted by atomic mass is 10.1. The number of benzene rings is 2. The number of phenols is 2. The van der Waals surface area contributed by atoms with Crippen molar-refractivity contribution in [2.75, 3.05) is 18.1 Å². The van der Waals surface area contributed by atoms with E-state index in [0.29, 0.717) is 0 Å². The molecular formula is C14H13NO2S2. The standard InChI is InChI=1S/C14H13NO2S2/c16-12-6-9-1-2-11(5-10(9)7-13(12)17)19-8-14-15-3-4-18-14/h1-2,5-7,16-17H,3-4,8H2. The maximum atomic E-state index is 9.53. The second-order valence-corrected chi connectivity index (χ2v) is 6.48. The third-order valence-electron chi connectivity index (χ3n) is 2.92. The van der Waals surface area contributed by atoms with Crippen LogP contribution in [-0.4, -0.2) is 33.3 Å². The fraction of sp³-hybridized carbons (Fsp3) is 0.214. The van der Waals surface area contributed by atoms with Crippen LogP contribution in [-0.2, 0) is 0 Å². The normalized spacial score (nSPS) is 14.8. The summed E-state index contributed by atoms with van der Waals surface area (Å²) in [6.45, 7) is 0.936. The zero-order chi connectivity index (χ0) is 13.2. The summed E-state index contributed by atoms with van der Waals surface area (Å²) in [5, 5.41) is 22.1. The maximum Gasteiger partial charge on any atom is 0.158 e. The first-order chi connectivity index (χ1) is 9.22. The SMILES string of the molecule is Oc1cc2ccc(SCC3=NCCS3)cc2cc1O. The number of aromatic hydroxyl groups is 2. The van der Waals surface area contributed by atoms with Crippen molar-refractivity contribution in [2.24, 2.45) is 4.99 Å². The Labute approximate surface area is 119 Å². The number of phenolic OH excluding ortho intramolecular Hbond substituents is 2. The van der Waals surface area contributed by atoms with Crippen molar-refractivity contribution in [1.29, 1.82) is 0 Å². The monoisotopic (exact) mass is 291 g/mol. The Bertz CT molecular complexity index is 655. The van der Waals surface area contributed by atoms with Gasteiger partial charge in [0.2, 0.25) is 0 Å². The van der Waals surface area contributed by atoms with Crippen molar-refractivity contribution in [2.45, 2.75) is 4.90 Å². The largest absolute Gasteiger partial charge is 0.504 e. The van der Waals surface area contributed by atoms with Crippen LogP contribution in [0.25, 0.3) is 10.8 Å². The van der Waals surface area contributed by atoms with Gasteiger partial charge in [0.1, 0.15) is 0 Å². The highest BCUT2D eigenvalue weighted by Gasteiger charge is 2.08. The van der Waals surface area contributed by atoms with Gasteiger partial charge in [-0.25, -0.2) is 0 Å². The van der Waals surface area contributed by atoms with Crippen molar-refractivity contribution < 1.29 is 10.2 Å². The van der Waals surface area contributed by atoms with Gasteiger partial charge in [0.25, 0.3) is 0 Å². The second kappa shape index (κ2) is 5.35. The summed E-state index contributed by atoms with van der Waals surface area (Å²) in [4.78, 5) is 5.57. The second-order valence-electron chi connectivity index (χ2n) is 4.26. The van der Waals surface area contributed by atoms with Gasteiger partial charge in [0.15, 0.2) is 11.5 Å². The van der Waals surface area contributed by atoms with Crippen LogP contribution in [0.1, 0.15) is 0 Å². The van der Waals surface area contributed by atoms with Crippen LogP contribution in [0, 0.1) is 0 Å². The molecule has 0 atom stereocenters. The molecule has 0 aliphatic carbocycles. The molecule has 5 heteroatoms. The van der Waals surface area contributed by atoms with Crippen molar-refractivity contribution >= 4 is 39.3 Å². The van der Waals surface area contributed by atoms with E-state index in [1.165, 1.54) is 5.04 Å². The molecule has 0 saturated heterocycles. The number of fused-ring (bicyclic) bond motifs is 1. The van der Waals surface area contributed by atoms with Crippen molar-refractivity contribution in [3.63, 3.8) is 0 Å². The van der Waals surface area contributed by atoms with Gasteiger partial charge in [-0.2, -0.15) is 0 Å². The van der Waals surface area contributed by atoms with Gasteiger partial charge in [0, 0.05) is 22.9 Å². The highest BCUT2D eigenvalue weighted by molar-refractivity contribution is 8.16. The van der Waals surface area contributed by atoms with Gasteiger partial charge in [0.05, 0.1) is 5.04 Å². The molecule has 1 heterocycles. The third kappa shape index (κ3) is 2.82. The number of rotatable bonds is 3. The van der Waals surface area contributed by atoms with Gasteiger partial charge >= 0.3 is 0 Å². The Kier molecular flexibility index (Phi) is 3.57. The average Bonchev–Trinajstić information content (AvgIpc) is 2.91. The summed E-state index contributed by atoms with van der Waals surface area (Å²) in [6.07, 6.45) is 0. The van der Waals surface area contributed by atoms with E-state index in [1.807, 2.05) is 30.0 Å². The van der Waals surface area contributed by atoms with Crippen LogP contribution in [0.5, 0.6) is 11.5 Å². The van der Waals surface area contributed by atoms with Crippen LogP contribution in [0.4, 0.5) is 0 Å². The van der Waals surface area contributed by atoms with E-state index in [1.54, 1.807) is 23.9 Å². The molecule has 1 aliphatic heterocycles. The molecule has 19 heavy (non-hydrogen) atoms. The van der Waals surface area contributed by atoms with Crippen LogP contribution in [0.15, 0.2) is 40.2 Å². The molecule has 0 bridgehead atoms. The van der Waals surface area contributed by atoms with Crippen molar-refractivity contribution in [1.82, 2.24) is 0 Å². The Morgan fingerprint density at radius 1 is 1.11 bits per heavy atom.